The maximum Gasteiger partial charge on any atom is 0.320 e. The standard InChI is InChI=1S/C6H13NO2.C3H5NO/c1-4(2)3-5(7)6(8)9;1-2-3(4)5/h4-5H,3,7H2,1-2H3,(H,8,9);2H,1H2,(H2,4,5). The van der Waals surface area contributed by atoms with Crippen molar-refractivity contribution in [3.8, 4) is 0 Å². The third kappa shape index (κ3) is 13.2. The highest BCUT2D eigenvalue weighted by Crippen LogP contribution is 2.01. The zero-order valence-corrected chi connectivity index (χ0v) is 8.56. The normalized spacial score (nSPS) is 11.1. The van der Waals surface area contributed by atoms with Crippen LogP contribution in [0, 0.1) is 5.92 Å². The molecule has 0 radical (unpaired) electrons. The maximum atomic E-state index is 10.1. The van der Waals surface area contributed by atoms with Gasteiger partial charge in [0.15, 0.2) is 0 Å². The lowest BCUT2D eigenvalue weighted by Gasteiger charge is -2.07. The average Bonchev–Trinajstić information content (AvgIpc) is 2.04. The van der Waals surface area contributed by atoms with Crippen LogP contribution in [0.1, 0.15) is 20.3 Å². The first kappa shape index (κ1) is 15.1. The van der Waals surface area contributed by atoms with Gasteiger partial charge < -0.3 is 16.6 Å². The molecular weight excluding hydrogens is 184 g/mol. The highest BCUT2D eigenvalue weighted by molar-refractivity contribution is 5.84. The van der Waals surface area contributed by atoms with Crippen molar-refractivity contribution in [1.82, 2.24) is 0 Å². The summed E-state index contributed by atoms with van der Waals surface area (Å²) in [7, 11) is 0. The number of hydrogen-bond acceptors (Lipinski definition) is 3. The Hall–Kier alpha value is -1.36. The van der Waals surface area contributed by atoms with Crippen LogP contribution in [-0.4, -0.2) is 23.0 Å². The summed E-state index contributed by atoms with van der Waals surface area (Å²) in [6.07, 6.45) is 1.61. The molecule has 0 saturated carbocycles. The number of nitrogens with two attached hydrogens (primary N) is 2. The van der Waals surface area contributed by atoms with Crippen LogP contribution in [0.15, 0.2) is 12.7 Å². The molecule has 5 heteroatoms. The Morgan fingerprint density at radius 1 is 1.50 bits per heavy atom. The van der Waals surface area contributed by atoms with Gasteiger partial charge in [0, 0.05) is 0 Å². The molecule has 5 N–H and O–H groups in total. The van der Waals surface area contributed by atoms with Crippen molar-refractivity contribution in [3.63, 3.8) is 0 Å². The van der Waals surface area contributed by atoms with Crippen LogP contribution in [0.25, 0.3) is 0 Å². The zero-order valence-electron chi connectivity index (χ0n) is 8.56. The van der Waals surface area contributed by atoms with Gasteiger partial charge in [-0.3, -0.25) is 9.59 Å². The van der Waals surface area contributed by atoms with E-state index in [4.69, 9.17) is 10.8 Å². The Kier molecular flexibility index (Phi) is 8.91. The number of carboxylic acid groups (broad SMARTS) is 1. The van der Waals surface area contributed by atoms with E-state index in [0.29, 0.717) is 12.3 Å². The predicted molar refractivity (Wildman–Crippen MR) is 54.5 cm³/mol. The summed E-state index contributed by atoms with van der Waals surface area (Å²) in [6.45, 7) is 6.98. The van der Waals surface area contributed by atoms with Crippen LogP contribution in [-0.2, 0) is 9.59 Å². The van der Waals surface area contributed by atoms with Crippen molar-refractivity contribution < 1.29 is 14.7 Å². The van der Waals surface area contributed by atoms with Crippen LogP contribution in [0.2, 0.25) is 0 Å². The molecule has 0 aromatic rings. The lowest BCUT2D eigenvalue weighted by molar-refractivity contribution is -0.138. The van der Waals surface area contributed by atoms with Crippen LogP contribution in [0.3, 0.4) is 0 Å². The minimum Gasteiger partial charge on any atom is -0.480 e. The van der Waals surface area contributed by atoms with Gasteiger partial charge in [-0.1, -0.05) is 20.4 Å². The van der Waals surface area contributed by atoms with E-state index in [1.54, 1.807) is 0 Å². The molecule has 0 aliphatic carbocycles. The van der Waals surface area contributed by atoms with Gasteiger partial charge in [0.25, 0.3) is 0 Å². The number of aliphatic carboxylic acids is 1. The van der Waals surface area contributed by atoms with Crippen LogP contribution >= 0.6 is 0 Å². The molecule has 1 amide bonds. The van der Waals surface area contributed by atoms with E-state index in [9.17, 15) is 9.59 Å². The maximum absolute atomic E-state index is 10.1. The topological polar surface area (TPSA) is 106 Å². The molecule has 0 aromatic heterocycles. The van der Waals surface area contributed by atoms with E-state index in [2.05, 4.69) is 12.3 Å². The lowest BCUT2D eigenvalue weighted by Crippen LogP contribution is -2.31. The van der Waals surface area contributed by atoms with Crippen molar-refractivity contribution in [1.29, 1.82) is 0 Å². The second-order valence-corrected chi connectivity index (χ2v) is 3.18. The minimum absolute atomic E-state index is 0.357. The van der Waals surface area contributed by atoms with Gasteiger partial charge in [0.05, 0.1) is 0 Å². The Balaban J connectivity index is 0. The summed E-state index contributed by atoms with van der Waals surface area (Å²) in [5.41, 5.74) is 9.75. The number of primary amides is 1. The summed E-state index contributed by atoms with van der Waals surface area (Å²) in [4.78, 5) is 19.6. The van der Waals surface area contributed by atoms with Gasteiger partial charge in [0.1, 0.15) is 6.04 Å². The Morgan fingerprint density at radius 2 is 1.86 bits per heavy atom. The van der Waals surface area contributed by atoms with E-state index >= 15 is 0 Å². The molecule has 0 aromatic carbocycles. The second kappa shape index (κ2) is 8.25. The molecule has 0 saturated heterocycles. The highest BCUT2D eigenvalue weighted by atomic mass is 16.4. The molecule has 0 aliphatic rings. The molecule has 0 fully saturated rings. The van der Waals surface area contributed by atoms with Crippen molar-refractivity contribution in [2.24, 2.45) is 17.4 Å². The Labute approximate surface area is 83.8 Å². The summed E-state index contributed by atoms with van der Waals surface area (Å²) in [6, 6.07) is -0.690. The fourth-order valence-corrected chi connectivity index (χ4v) is 0.609. The Bertz CT molecular complexity index is 202. The number of amides is 1. The van der Waals surface area contributed by atoms with Crippen LogP contribution < -0.4 is 11.5 Å². The van der Waals surface area contributed by atoms with Gasteiger partial charge >= 0.3 is 5.97 Å². The van der Waals surface area contributed by atoms with E-state index in [-0.39, 0.29) is 0 Å². The Morgan fingerprint density at radius 3 is 1.93 bits per heavy atom. The fraction of sp³-hybridized carbons (Fsp3) is 0.556. The summed E-state index contributed by atoms with van der Waals surface area (Å²) < 4.78 is 0. The van der Waals surface area contributed by atoms with Crippen molar-refractivity contribution in [2.75, 3.05) is 0 Å². The molecule has 5 nitrogen and oxygen atoms in total. The summed E-state index contributed by atoms with van der Waals surface area (Å²) in [5.74, 6) is -1.04. The van der Waals surface area contributed by atoms with E-state index in [0.717, 1.165) is 6.08 Å². The molecule has 1 atom stereocenters. The zero-order chi connectivity index (χ0) is 11.7. The van der Waals surface area contributed by atoms with Gasteiger partial charge in [-0.05, 0) is 18.4 Å². The monoisotopic (exact) mass is 202 g/mol. The molecular formula is C9H18N2O3. The number of rotatable bonds is 4. The number of carbonyl (C=O) groups is 2. The minimum atomic E-state index is -0.913. The summed E-state index contributed by atoms with van der Waals surface area (Å²) >= 11 is 0. The first-order chi connectivity index (χ1) is 6.31. The third-order valence-corrected chi connectivity index (χ3v) is 1.24. The van der Waals surface area contributed by atoms with Crippen molar-refractivity contribution >= 4 is 11.9 Å². The quantitative estimate of drug-likeness (QED) is 0.562. The van der Waals surface area contributed by atoms with Crippen LogP contribution in [0.5, 0.6) is 0 Å². The summed E-state index contributed by atoms with van der Waals surface area (Å²) in [5, 5.41) is 8.31. The van der Waals surface area contributed by atoms with E-state index < -0.39 is 17.9 Å². The van der Waals surface area contributed by atoms with Gasteiger partial charge in [-0.2, -0.15) is 0 Å². The molecule has 14 heavy (non-hydrogen) atoms. The highest BCUT2D eigenvalue weighted by Gasteiger charge is 2.11. The fourth-order valence-electron chi connectivity index (χ4n) is 0.609. The SMILES string of the molecule is C=CC(N)=O.CC(C)CC(N)C(=O)O. The number of hydrogen-bond donors (Lipinski definition) is 3. The molecule has 0 aliphatic heterocycles. The smallest absolute Gasteiger partial charge is 0.320 e. The molecule has 0 bridgehead atoms. The third-order valence-electron chi connectivity index (χ3n) is 1.24. The molecule has 82 valence electrons. The average molecular weight is 202 g/mol. The molecule has 1 unspecified atom stereocenters. The molecule has 0 spiro atoms. The lowest BCUT2D eigenvalue weighted by atomic mass is 10.1. The molecule has 0 rings (SSSR count). The van der Waals surface area contributed by atoms with Gasteiger partial charge in [0.2, 0.25) is 5.91 Å². The van der Waals surface area contributed by atoms with E-state index in [1.165, 1.54) is 0 Å². The van der Waals surface area contributed by atoms with Gasteiger partial charge in [-0.15, -0.1) is 0 Å². The predicted octanol–water partition coefficient (Wildman–Crippen LogP) is 0.102. The van der Waals surface area contributed by atoms with Crippen molar-refractivity contribution in [2.45, 2.75) is 26.3 Å². The van der Waals surface area contributed by atoms with Gasteiger partial charge in [-0.25, -0.2) is 0 Å². The number of carbonyl (C=O) groups excluding carboxylic acids is 1. The first-order valence-corrected chi connectivity index (χ1v) is 4.21. The van der Waals surface area contributed by atoms with Crippen LogP contribution in [0.4, 0.5) is 0 Å². The van der Waals surface area contributed by atoms with E-state index in [1.807, 2.05) is 13.8 Å². The number of carboxylic acids is 1. The second-order valence-electron chi connectivity index (χ2n) is 3.18. The first-order valence-electron chi connectivity index (χ1n) is 4.21. The van der Waals surface area contributed by atoms with Crippen molar-refractivity contribution in [3.05, 3.63) is 12.7 Å². The molecule has 0 heterocycles. The largest absolute Gasteiger partial charge is 0.480 e.